The highest BCUT2D eigenvalue weighted by Gasteiger charge is 2.38. The van der Waals surface area contributed by atoms with Crippen LogP contribution in [0.4, 0.5) is 0 Å². The highest BCUT2D eigenvalue weighted by Crippen LogP contribution is 2.54. The third-order valence-electron chi connectivity index (χ3n) is 4.03. The highest BCUT2D eigenvalue weighted by atomic mass is 31.2. The molecule has 0 saturated carbocycles. The van der Waals surface area contributed by atoms with Gasteiger partial charge in [0.2, 0.25) is 11.8 Å². The molecule has 26 heavy (non-hydrogen) atoms. The highest BCUT2D eigenvalue weighted by molar-refractivity contribution is 7.54. The molecule has 7 nitrogen and oxygen atoms in total. The monoisotopic (exact) mass is 390 g/mol. The summed E-state index contributed by atoms with van der Waals surface area (Å²) in [6.07, 6.45) is 0.456. The van der Waals surface area contributed by atoms with Crippen molar-refractivity contribution in [3.8, 4) is 0 Å². The SMILES string of the molecule is CCOC1=N[C@H](C(C)C)C(OCC)=N[C@H]1C[C@H](C)P(=O)(OCC)OCC. The summed E-state index contributed by atoms with van der Waals surface area (Å²) in [6, 6.07) is -0.510. The molecule has 1 heterocycles. The lowest BCUT2D eigenvalue weighted by atomic mass is 10.0. The van der Waals surface area contributed by atoms with E-state index in [4.69, 9.17) is 28.5 Å². The zero-order valence-corrected chi connectivity index (χ0v) is 18.1. The Morgan fingerprint density at radius 1 is 0.885 bits per heavy atom. The molecule has 0 saturated heterocycles. The Morgan fingerprint density at radius 2 is 1.42 bits per heavy atom. The Balaban J connectivity index is 3.09. The molecule has 0 fully saturated rings. The van der Waals surface area contributed by atoms with E-state index in [1.807, 2.05) is 34.6 Å². The van der Waals surface area contributed by atoms with E-state index in [1.165, 1.54) is 0 Å². The number of nitrogens with zero attached hydrogens (tertiary/aromatic N) is 2. The second-order valence-corrected chi connectivity index (χ2v) is 8.94. The van der Waals surface area contributed by atoms with Crippen LogP contribution in [0, 0.1) is 5.92 Å². The largest absolute Gasteiger partial charge is 0.480 e. The molecule has 0 aromatic heterocycles. The molecular formula is C18H35N2O5P. The maximum atomic E-state index is 13.0. The predicted molar refractivity (Wildman–Crippen MR) is 105 cm³/mol. The van der Waals surface area contributed by atoms with Crippen molar-refractivity contribution in [1.82, 2.24) is 0 Å². The molecule has 0 aromatic carbocycles. The summed E-state index contributed by atoms with van der Waals surface area (Å²) in [5.74, 6) is 1.43. The van der Waals surface area contributed by atoms with Gasteiger partial charge in [0.25, 0.3) is 0 Å². The van der Waals surface area contributed by atoms with Crippen molar-refractivity contribution >= 4 is 19.4 Å². The van der Waals surface area contributed by atoms with E-state index in [0.29, 0.717) is 44.6 Å². The third kappa shape index (κ3) is 6.07. The lowest BCUT2D eigenvalue weighted by molar-refractivity contribution is 0.210. The summed E-state index contributed by atoms with van der Waals surface area (Å²) in [7, 11) is -3.21. The number of ether oxygens (including phenoxy) is 2. The molecule has 0 amide bonds. The normalized spacial score (nSPS) is 22.0. The van der Waals surface area contributed by atoms with Crippen LogP contribution < -0.4 is 0 Å². The first kappa shape index (κ1) is 23.1. The van der Waals surface area contributed by atoms with Crippen LogP contribution in [-0.4, -0.2) is 56.0 Å². The average molecular weight is 390 g/mol. The topological polar surface area (TPSA) is 78.7 Å². The first-order valence-corrected chi connectivity index (χ1v) is 11.2. The zero-order valence-electron chi connectivity index (χ0n) is 17.2. The standard InChI is InChI=1S/C18H35N2O5P/c1-8-22-17-15(12-14(7)26(21,24-10-3)25-11-4)19-18(23-9-2)16(20-17)13(5)6/h13-16H,8-12H2,1-7H3/t14-,15-,16+/m0/s1. The van der Waals surface area contributed by atoms with Gasteiger partial charge in [-0.1, -0.05) is 20.8 Å². The maximum Gasteiger partial charge on any atom is 0.333 e. The fourth-order valence-corrected chi connectivity index (χ4v) is 4.57. The number of hydrogen-bond acceptors (Lipinski definition) is 7. The lowest BCUT2D eigenvalue weighted by Crippen LogP contribution is -2.39. The van der Waals surface area contributed by atoms with Gasteiger partial charge >= 0.3 is 7.60 Å². The molecule has 0 aliphatic carbocycles. The van der Waals surface area contributed by atoms with Crippen molar-refractivity contribution in [1.29, 1.82) is 0 Å². The number of rotatable bonds is 10. The molecule has 152 valence electrons. The summed E-state index contributed by atoms with van der Waals surface area (Å²) < 4.78 is 35.5. The summed E-state index contributed by atoms with van der Waals surface area (Å²) in [6.45, 7) is 15.2. The smallest absolute Gasteiger partial charge is 0.333 e. The van der Waals surface area contributed by atoms with Crippen LogP contribution in [0.1, 0.15) is 54.9 Å². The van der Waals surface area contributed by atoms with Crippen LogP contribution in [0.25, 0.3) is 0 Å². The molecule has 0 spiro atoms. The van der Waals surface area contributed by atoms with Gasteiger partial charge in [-0.15, -0.1) is 0 Å². The Labute approximate surface area is 158 Å². The Hall–Kier alpha value is -0.910. The molecule has 0 bridgehead atoms. The van der Waals surface area contributed by atoms with Crippen LogP contribution in [0.5, 0.6) is 0 Å². The molecule has 1 rings (SSSR count). The van der Waals surface area contributed by atoms with Crippen LogP contribution in [-0.2, 0) is 23.1 Å². The minimum atomic E-state index is -3.21. The van der Waals surface area contributed by atoms with E-state index in [9.17, 15) is 4.57 Å². The predicted octanol–water partition coefficient (Wildman–Crippen LogP) is 4.31. The van der Waals surface area contributed by atoms with Gasteiger partial charge < -0.3 is 18.5 Å². The van der Waals surface area contributed by atoms with Gasteiger partial charge in [0, 0.05) is 0 Å². The van der Waals surface area contributed by atoms with E-state index < -0.39 is 7.60 Å². The summed E-state index contributed by atoms with van der Waals surface area (Å²) >= 11 is 0. The van der Waals surface area contributed by atoms with E-state index in [2.05, 4.69) is 13.8 Å². The second kappa shape index (κ2) is 11.1. The van der Waals surface area contributed by atoms with Crippen molar-refractivity contribution in [2.75, 3.05) is 26.4 Å². The lowest BCUT2D eigenvalue weighted by Gasteiger charge is -2.30. The number of hydrogen-bond donors (Lipinski definition) is 0. The molecule has 1 aliphatic heterocycles. The fraction of sp³-hybridized carbons (Fsp3) is 0.889. The first-order chi connectivity index (χ1) is 12.3. The van der Waals surface area contributed by atoms with Crippen molar-refractivity contribution in [2.24, 2.45) is 15.9 Å². The second-order valence-electron chi connectivity index (χ2n) is 6.47. The van der Waals surface area contributed by atoms with E-state index in [-0.39, 0.29) is 23.7 Å². The Bertz CT molecular complexity index is 526. The van der Waals surface area contributed by atoms with E-state index in [0.717, 1.165) is 0 Å². The average Bonchev–Trinajstić information content (AvgIpc) is 2.57. The quantitative estimate of drug-likeness (QED) is 0.520. The molecule has 0 radical (unpaired) electrons. The van der Waals surface area contributed by atoms with Crippen molar-refractivity contribution in [3.63, 3.8) is 0 Å². The van der Waals surface area contributed by atoms with Gasteiger partial charge in [-0.3, -0.25) is 4.57 Å². The molecular weight excluding hydrogens is 355 g/mol. The fourth-order valence-electron chi connectivity index (χ4n) is 2.81. The summed E-state index contributed by atoms with van der Waals surface area (Å²) in [5, 5.41) is 0. The third-order valence-corrected chi connectivity index (χ3v) is 6.55. The molecule has 0 unspecified atom stereocenters. The molecule has 8 heteroatoms. The summed E-state index contributed by atoms with van der Waals surface area (Å²) in [5.41, 5.74) is -0.333. The number of aliphatic imine (C=N–C) groups is 2. The van der Waals surface area contributed by atoms with Gasteiger partial charge in [-0.2, -0.15) is 0 Å². The zero-order chi connectivity index (χ0) is 19.7. The van der Waals surface area contributed by atoms with E-state index in [1.54, 1.807) is 0 Å². The van der Waals surface area contributed by atoms with Crippen LogP contribution in [0.2, 0.25) is 0 Å². The van der Waals surface area contributed by atoms with Gasteiger partial charge in [-0.05, 0) is 40.0 Å². The first-order valence-electron chi connectivity index (χ1n) is 9.62. The van der Waals surface area contributed by atoms with Gasteiger partial charge in [0.15, 0.2) is 0 Å². The molecule has 1 aliphatic rings. The van der Waals surface area contributed by atoms with Crippen molar-refractivity contribution in [3.05, 3.63) is 0 Å². The van der Waals surface area contributed by atoms with Gasteiger partial charge in [-0.25, -0.2) is 9.98 Å². The molecule has 0 aromatic rings. The van der Waals surface area contributed by atoms with E-state index >= 15 is 0 Å². The van der Waals surface area contributed by atoms with Crippen LogP contribution in [0.15, 0.2) is 9.98 Å². The molecule has 3 atom stereocenters. The minimum absolute atomic E-state index is 0.159. The van der Waals surface area contributed by atoms with Crippen molar-refractivity contribution in [2.45, 2.75) is 72.6 Å². The molecule has 0 N–H and O–H groups in total. The van der Waals surface area contributed by atoms with Crippen LogP contribution >= 0.6 is 7.60 Å². The van der Waals surface area contributed by atoms with Crippen LogP contribution in [0.3, 0.4) is 0 Å². The van der Waals surface area contributed by atoms with Crippen molar-refractivity contribution < 1.29 is 23.1 Å². The summed E-state index contributed by atoms with van der Waals surface area (Å²) in [4.78, 5) is 9.50. The van der Waals surface area contributed by atoms with Gasteiger partial charge in [0.1, 0.15) is 12.1 Å². The van der Waals surface area contributed by atoms with Gasteiger partial charge in [0.05, 0.1) is 32.1 Å². The maximum absolute atomic E-state index is 13.0. The Morgan fingerprint density at radius 3 is 1.88 bits per heavy atom. The minimum Gasteiger partial charge on any atom is -0.480 e. The Kier molecular flexibility index (Phi) is 9.83.